The van der Waals surface area contributed by atoms with Crippen LogP contribution in [0.4, 0.5) is 0 Å². The molecule has 0 spiro atoms. The number of carbonyl (C=O) groups is 2. The highest BCUT2D eigenvalue weighted by atomic mass is 16.5. The van der Waals surface area contributed by atoms with E-state index >= 15 is 0 Å². The molecule has 2 fully saturated rings. The van der Waals surface area contributed by atoms with Crippen molar-refractivity contribution in [2.24, 2.45) is 10.8 Å². The fraction of sp³-hybridized carbons (Fsp3) is 0.560. The lowest BCUT2D eigenvalue weighted by Crippen LogP contribution is -2.40. The molecule has 1 saturated carbocycles. The highest BCUT2D eigenvalue weighted by Gasteiger charge is 2.50. The third kappa shape index (κ3) is 3.70. The van der Waals surface area contributed by atoms with Gasteiger partial charge in [-0.2, -0.15) is 0 Å². The van der Waals surface area contributed by atoms with Crippen molar-refractivity contribution in [2.45, 2.75) is 66.3 Å². The summed E-state index contributed by atoms with van der Waals surface area (Å²) in [5, 5.41) is 0.941. The first-order chi connectivity index (χ1) is 14.1. The van der Waals surface area contributed by atoms with Gasteiger partial charge in [-0.15, -0.1) is 0 Å². The lowest BCUT2D eigenvalue weighted by molar-refractivity contribution is -0.135. The van der Waals surface area contributed by atoms with Gasteiger partial charge in [-0.25, -0.2) is 4.79 Å². The molecule has 1 amide bonds. The number of aryl methyl sites for hydroxylation is 2. The summed E-state index contributed by atoms with van der Waals surface area (Å²) in [6.07, 6.45) is 3.81. The maximum absolute atomic E-state index is 13.0. The van der Waals surface area contributed by atoms with E-state index in [1.165, 1.54) is 0 Å². The molecule has 2 aromatic rings. The molecule has 1 aromatic carbocycles. The Bertz CT molecular complexity index is 1010. The Morgan fingerprint density at radius 3 is 2.67 bits per heavy atom. The number of nitrogens with zero attached hydrogens (tertiary/aromatic N) is 2. The van der Waals surface area contributed by atoms with Crippen molar-refractivity contribution in [1.82, 2.24) is 9.88 Å². The maximum atomic E-state index is 13.0. The Balaban J connectivity index is 1.50. The second-order valence-corrected chi connectivity index (χ2v) is 10.2. The van der Waals surface area contributed by atoms with Gasteiger partial charge in [0, 0.05) is 18.0 Å². The van der Waals surface area contributed by atoms with Gasteiger partial charge >= 0.3 is 5.97 Å². The Morgan fingerprint density at radius 2 is 1.93 bits per heavy atom. The first kappa shape index (κ1) is 20.8. The number of aromatic nitrogens is 1. The molecule has 1 aliphatic heterocycles. The average Bonchev–Trinajstić information content (AvgIpc) is 2.94. The Morgan fingerprint density at radius 1 is 1.20 bits per heavy atom. The molecule has 0 unspecified atom stereocenters. The first-order valence-corrected chi connectivity index (χ1v) is 11.0. The van der Waals surface area contributed by atoms with E-state index in [1.807, 2.05) is 43.0 Å². The Hall–Kier alpha value is -2.43. The number of carbonyl (C=O) groups excluding carboxylic acids is 2. The van der Waals surface area contributed by atoms with Crippen molar-refractivity contribution in [3.8, 4) is 0 Å². The second-order valence-electron chi connectivity index (χ2n) is 10.2. The van der Waals surface area contributed by atoms with Crippen LogP contribution in [0, 0.1) is 17.8 Å². The molecule has 30 heavy (non-hydrogen) atoms. The molecule has 5 nitrogen and oxygen atoms in total. The topological polar surface area (TPSA) is 59.5 Å². The van der Waals surface area contributed by atoms with Crippen molar-refractivity contribution < 1.29 is 14.3 Å². The molecule has 0 radical (unpaired) electrons. The SMILES string of the molecule is CCc1nc2ccccc2c(C)c1C(=O)OCC(=O)N1C[C@@]2(C)C[C@@H]1CC(C)(C)C2. The van der Waals surface area contributed by atoms with Crippen molar-refractivity contribution >= 4 is 22.8 Å². The summed E-state index contributed by atoms with van der Waals surface area (Å²) < 4.78 is 5.54. The number of likely N-dealkylation sites (tertiary alicyclic amines) is 1. The van der Waals surface area contributed by atoms with Crippen LogP contribution >= 0.6 is 0 Å². The van der Waals surface area contributed by atoms with Crippen LogP contribution in [-0.4, -0.2) is 41.0 Å². The number of hydrogen-bond donors (Lipinski definition) is 0. The minimum atomic E-state index is -0.454. The third-order valence-corrected chi connectivity index (χ3v) is 6.83. The van der Waals surface area contributed by atoms with E-state index in [4.69, 9.17) is 4.74 Å². The standard InChI is InChI=1S/C25H32N2O3/c1-6-19-22(16(2)18-9-7-8-10-20(18)26-19)23(29)30-13-21(28)27-15-25(5)12-17(27)11-24(3,4)14-25/h7-10,17H,6,11-15H2,1-5H3/t17-,25-/m0/s1. The maximum Gasteiger partial charge on any atom is 0.340 e. The molecular formula is C25H32N2O3. The van der Waals surface area contributed by atoms with E-state index in [2.05, 4.69) is 25.8 Å². The second kappa shape index (κ2) is 7.36. The zero-order chi connectivity index (χ0) is 21.7. The lowest BCUT2D eigenvalue weighted by Gasteiger charge is -2.39. The zero-order valence-electron chi connectivity index (χ0n) is 18.7. The lowest BCUT2D eigenvalue weighted by atomic mass is 9.65. The van der Waals surface area contributed by atoms with Gasteiger partial charge in [0.1, 0.15) is 0 Å². The van der Waals surface area contributed by atoms with Crippen molar-refractivity contribution in [2.75, 3.05) is 13.2 Å². The van der Waals surface area contributed by atoms with E-state index in [-0.39, 0.29) is 29.4 Å². The van der Waals surface area contributed by atoms with Crippen molar-refractivity contribution in [3.05, 3.63) is 41.1 Å². The number of amides is 1. The fourth-order valence-corrected chi connectivity index (χ4v) is 6.00. The number of ether oxygens (including phenoxy) is 1. The number of fused-ring (bicyclic) bond motifs is 3. The highest BCUT2D eigenvalue weighted by Crippen LogP contribution is 2.52. The van der Waals surface area contributed by atoms with Gasteiger partial charge in [-0.1, -0.05) is 45.9 Å². The predicted octanol–water partition coefficient (Wildman–Crippen LogP) is 4.69. The van der Waals surface area contributed by atoms with Gasteiger partial charge in [-0.05, 0) is 55.1 Å². The van der Waals surface area contributed by atoms with E-state index < -0.39 is 5.97 Å². The summed E-state index contributed by atoms with van der Waals surface area (Å²) in [5.41, 5.74) is 3.36. The van der Waals surface area contributed by atoms with Crippen LogP contribution in [0.5, 0.6) is 0 Å². The number of para-hydroxylation sites is 1. The number of esters is 1. The fourth-order valence-electron chi connectivity index (χ4n) is 6.00. The van der Waals surface area contributed by atoms with E-state index in [1.54, 1.807) is 0 Å². The monoisotopic (exact) mass is 408 g/mol. The average molecular weight is 409 g/mol. The Kier molecular flexibility index (Phi) is 5.11. The van der Waals surface area contributed by atoms with E-state index in [0.717, 1.165) is 48.0 Å². The molecule has 5 heteroatoms. The van der Waals surface area contributed by atoms with Crippen LogP contribution in [0.3, 0.4) is 0 Å². The van der Waals surface area contributed by atoms with Crippen LogP contribution < -0.4 is 0 Å². The van der Waals surface area contributed by atoms with Crippen LogP contribution in [0.25, 0.3) is 10.9 Å². The van der Waals surface area contributed by atoms with Crippen LogP contribution in [0.1, 0.15) is 68.6 Å². The van der Waals surface area contributed by atoms with Crippen molar-refractivity contribution in [3.63, 3.8) is 0 Å². The Labute approximate surface area is 178 Å². The number of pyridine rings is 1. The molecule has 0 N–H and O–H groups in total. The number of rotatable bonds is 4. The van der Waals surface area contributed by atoms with Crippen molar-refractivity contribution in [1.29, 1.82) is 0 Å². The summed E-state index contributed by atoms with van der Waals surface area (Å²) in [7, 11) is 0. The minimum absolute atomic E-state index is 0.0841. The van der Waals surface area contributed by atoms with Gasteiger partial charge in [0.25, 0.3) is 5.91 Å². The van der Waals surface area contributed by atoms with Gasteiger partial charge in [0.2, 0.25) is 0 Å². The molecule has 160 valence electrons. The predicted molar refractivity (Wildman–Crippen MR) is 117 cm³/mol. The molecule has 2 bridgehead atoms. The number of hydrogen-bond acceptors (Lipinski definition) is 4. The largest absolute Gasteiger partial charge is 0.452 e. The van der Waals surface area contributed by atoms with E-state index in [9.17, 15) is 9.59 Å². The molecule has 4 rings (SSSR count). The van der Waals surface area contributed by atoms with Gasteiger partial charge in [0.05, 0.1) is 16.8 Å². The number of benzene rings is 1. The highest BCUT2D eigenvalue weighted by molar-refractivity contribution is 5.99. The molecule has 1 aliphatic carbocycles. The molecule has 1 aromatic heterocycles. The smallest absolute Gasteiger partial charge is 0.340 e. The van der Waals surface area contributed by atoms with E-state index in [0.29, 0.717) is 12.0 Å². The third-order valence-electron chi connectivity index (χ3n) is 6.83. The van der Waals surface area contributed by atoms with Crippen LogP contribution in [0.2, 0.25) is 0 Å². The summed E-state index contributed by atoms with van der Waals surface area (Å²) in [5.74, 6) is -0.538. The van der Waals surface area contributed by atoms with Crippen LogP contribution in [-0.2, 0) is 16.0 Å². The molecule has 1 saturated heterocycles. The minimum Gasteiger partial charge on any atom is -0.452 e. The normalized spacial score (nSPS) is 24.8. The summed E-state index contributed by atoms with van der Waals surface area (Å²) in [4.78, 5) is 32.5. The van der Waals surface area contributed by atoms with Gasteiger partial charge in [-0.3, -0.25) is 9.78 Å². The molecule has 2 heterocycles. The molecule has 2 atom stereocenters. The van der Waals surface area contributed by atoms with Crippen LogP contribution in [0.15, 0.2) is 24.3 Å². The molecular weight excluding hydrogens is 376 g/mol. The first-order valence-electron chi connectivity index (χ1n) is 11.0. The summed E-state index contributed by atoms with van der Waals surface area (Å²) in [6, 6.07) is 8.05. The summed E-state index contributed by atoms with van der Waals surface area (Å²) in [6.45, 7) is 11.3. The summed E-state index contributed by atoms with van der Waals surface area (Å²) >= 11 is 0. The van der Waals surface area contributed by atoms with Gasteiger partial charge in [0.15, 0.2) is 6.61 Å². The zero-order valence-corrected chi connectivity index (χ0v) is 18.7. The van der Waals surface area contributed by atoms with Gasteiger partial charge < -0.3 is 9.64 Å². The quantitative estimate of drug-likeness (QED) is 0.689. The molecule has 2 aliphatic rings.